The molecule has 1 aromatic rings. The molecule has 0 heterocycles. The molecular formula is C16H23NO3. The number of hydrogen-bond donors (Lipinski definition) is 3. The number of carbonyl (C=O) groups is 1. The fraction of sp³-hybridized carbons (Fsp3) is 0.562. The second-order valence-electron chi connectivity index (χ2n) is 5.52. The quantitative estimate of drug-likeness (QED) is 0.682. The van der Waals surface area contributed by atoms with Crippen LogP contribution >= 0.6 is 0 Å². The van der Waals surface area contributed by atoms with Gasteiger partial charge >= 0.3 is 5.97 Å². The molecule has 1 fully saturated rings. The van der Waals surface area contributed by atoms with E-state index in [-0.39, 0.29) is 12.5 Å². The van der Waals surface area contributed by atoms with E-state index in [4.69, 9.17) is 5.11 Å². The number of aliphatic hydroxyl groups excluding tert-OH is 1. The van der Waals surface area contributed by atoms with Crippen molar-refractivity contribution in [2.24, 2.45) is 0 Å². The molecule has 1 aliphatic carbocycles. The second-order valence-corrected chi connectivity index (χ2v) is 5.52. The molecule has 2 rings (SSSR count). The van der Waals surface area contributed by atoms with Crippen molar-refractivity contribution in [2.45, 2.75) is 57.2 Å². The Kier molecular flexibility index (Phi) is 5.15. The zero-order chi connectivity index (χ0) is 14.5. The van der Waals surface area contributed by atoms with Crippen molar-refractivity contribution in [3.05, 3.63) is 35.4 Å². The van der Waals surface area contributed by atoms with Crippen LogP contribution in [0, 0.1) is 0 Å². The Hall–Kier alpha value is -1.39. The van der Waals surface area contributed by atoms with E-state index in [1.54, 1.807) is 0 Å². The molecule has 1 saturated carbocycles. The summed E-state index contributed by atoms with van der Waals surface area (Å²) in [5, 5.41) is 22.7. The van der Waals surface area contributed by atoms with Gasteiger partial charge < -0.3 is 15.5 Å². The third-order valence-corrected chi connectivity index (χ3v) is 3.81. The molecular weight excluding hydrogens is 254 g/mol. The molecule has 0 radical (unpaired) electrons. The zero-order valence-corrected chi connectivity index (χ0v) is 11.9. The molecule has 0 spiro atoms. The first-order chi connectivity index (χ1) is 9.60. The van der Waals surface area contributed by atoms with Crippen molar-refractivity contribution < 1.29 is 15.0 Å². The summed E-state index contributed by atoms with van der Waals surface area (Å²) in [5.41, 5.74) is 2.09. The number of aliphatic carboxylic acids is 1. The summed E-state index contributed by atoms with van der Waals surface area (Å²) < 4.78 is 0. The van der Waals surface area contributed by atoms with Gasteiger partial charge in [-0.3, -0.25) is 4.79 Å². The minimum absolute atomic E-state index is 0.0779. The first-order valence-electron chi connectivity index (χ1n) is 7.35. The smallest absolute Gasteiger partial charge is 0.303 e. The molecule has 4 heteroatoms. The van der Waals surface area contributed by atoms with Crippen molar-refractivity contribution in [3.8, 4) is 0 Å². The summed E-state index contributed by atoms with van der Waals surface area (Å²) in [7, 11) is 0. The largest absolute Gasteiger partial charge is 0.481 e. The van der Waals surface area contributed by atoms with Gasteiger partial charge in [0.2, 0.25) is 0 Å². The number of aliphatic hydroxyl groups is 1. The number of carboxylic acid groups (broad SMARTS) is 1. The van der Waals surface area contributed by atoms with Crippen molar-refractivity contribution in [3.63, 3.8) is 0 Å². The molecule has 0 amide bonds. The van der Waals surface area contributed by atoms with Gasteiger partial charge in [-0.15, -0.1) is 0 Å². The third-order valence-electron chi connectivity index (χ3n) is 3.81. The number of benzene rings is 1. The average Bonchev–Trinajstić information content (AvgIpc) is 3.26. The van der Waals surface area contributed by atoms with E-state index in [2.05, 4.69) is 12.2 Å². The zero-order valence-electron chi connectivity index (χ0n) is 11.9. The van der Waals surface area contributed by atoms with E-state index >= 15 is 0 Å². The van der Waals surface area contributed by atoms with Crippen LogP contribution in [0.1, 0.15) is 49.8 Å². The van der Waals surface area contributed by atoms with E-state index in [1.807, 2.05) is 24.3 Å². The highest BCUT2D eigenvalue weighted by molar-refractivity contribution is 5.66. The van der Waals surface area contributed by atoms with Crippen LogP contribution < -0.4 is 5.32 Å². The lowest BCUT2D eigenvalue weighted by molar-refractivity contribution is -0.137. The molecule has 2 unspecified atom stereocenters. The van der Waals surface area contributed by atoms with Crippen molar-refractivity contribution in [1.82, 2.24) is 5.32 Å². The lowest BCUT2D eigenvalue weighted by atomic mass is 9.97. The summed E-state index contributed by atoms with van der Waals surface area (Å²) in [6.45, 7) is 2.09. The molecule has 0 aliphatic heterocycles. The highest BCUT2D eigenvalue weighted by Crippen LogP contribution is 2.26. The molecule has 4 nitrogen and oxygen atoms in total. The van der Waals surface area contributed by atoms with E-state index in [0.29, 0.717) is 12.5 Å². The summed E-state index contributed by atoms with van der Waals surface area (Å²) in [4.78, 5) is 10.7. The van der Waals surface area contributed by atoms with Crippen molar-refractivity contribution >= 4 is 5.97 Å². The third kappa shape index (κ3) is 4.32. The maximum atomic E-state index is 10.7. The minimum atomic E-state index is -0.818. The Balaban J connectivity index is 2.02. The van der Waals surface area contributed by atoms with Gasteiger partial charge in [0.1, 0.15) is 0 Å². The van der Waals surface area contributed by atoms with E-state index in [0.717, 1.165) is 24.8 Å². The van der Waals surface area contributed by atoms with Crippen LogP contribution in [0.3, 0.4) is 0 Å². The molecule has 110 valence electrons. The van der Waals surface area contributed by atoms with Crippen LogP contribution in [0.25, 0.3) is 0 Å². The minimum Gasteiger partial charge on any atom is -0.481 e. The number of nitrogens with one attached hydrogen (secondary N) is 1. The van der Waals surface area contributed by atoms with Crippen molar-refractivity contribution in [2.75, 3.05) is 0 Å². The van der Waals surface area contributed by atoms with Crippen LogP contribution in [-0.4, -0.2) is 28.3 Å². The number of carboxylic acids is 1. The van der Waals surface area contributed by atoms with Crippen LogP contribution in [0.4, 0.5) is 0 Å². The SMILES string of the molecule is CCc1ccc(C(O)C(CCC(=O)O)NC2CC2)cc1. The van der Waals surface area contributed by atoms with Gasteiger partial charge in [-0.25, -0.2) is 0 Å². The summed E-state index contributed by atoms with van der Waals surface area (Å²) in [6, 6.07) is 8.16. The number of hydrogen-bond acceptors (Lipinski definition) is 3. The predicted molar refractivity (Wildman–Crippen MR) is 77.6 cm³/mol. The van der Waals surface area contributed by atoms with Crippen LogP contribution in [0.2, 0.25) is 0 Å². The molecule has 20 heavy (non-hydrogen) atoms. The van der Waals surface area contributed by atoms with Gasteiger partial charge in [0.25, 0.3) is 0 Å². The van der Waals surface area contributed by atoms with E-state index in [1.165, 1.54) is 5.56 Å². The van der Waals surface area contributed by atoms with E-state index < -0.39 is 12.1 Å². The Morgan fingerprint density at radius 2 is 2.00 bits per heavy atom. The first kappa shape index (κ1) is 15.0. The highest BCUT2D eigenvalue weighted by atomic mass is 16.4. The molecule has 0 aromatic heterocycles. The fourth-order valence-corrected chi connectivity index (χ4v) is 2.35. The van der Waals surface area contributed by atoms with Crippen molar-refractivity contribution in [1.29, 1.82) is 0 Å². The van der Waals surface area contributed by atoms with Gasteiger partial charge in [-0.1, -0.05) is 31.2 Å². The van der Waals surface area contributed by atoms with E-state index in [9.17, 15) is 9.90 Å². The van der Waals surface area contributed by atoms with Crippen LogP contribution in [0.5, 0.6) is 0 Å². The monoisotopic (exact) mass is 277 g/mol. The number of aryl methyl sites for hydroxylation is 1. The molecule has 1 aromatic carbocycles. The molecule has 0 saturated heterocycles. The standard InChI is InChI=1S/C16H23NO3/c1-2-11-3-5-12(6-4-11)16(20)14(9-10-15(18)19)17-13-7-8-13/h3-6,13-14,16-17,20H,2,7-10H2,1H3,(H,18,19). The molecule has 0 bridgehead atoms. The Morgan fingerprint density at radius 1 is 1.35 bits per heavy atom. The molecule has 1 aliphatic rings. The molecule has 2 atom stereocenters. The normalized spacial score (nSPS) is 17.7. The molecule has 3 N–H and O–H groups in total. The Bertz CT molecular complexity index is 440. The Labute approximate surface area is 119 Å². The van der Waals surface area contributed by atoms with Gasteiger partial charge in [-0.05, 0) is 36.8 Å². The second kappa shape index (κ2) is 6.86. The fourth-order valence-electron chi connectivity index (χ4n) is 2.35. The lowest BCUT2D eigenvalue weighted by Gasteiger charge is -2.24. The summed E-state index contributed by atoms with van der Waals surface area (Å²) in [5.74, 6) is -0.818. The highest BCUT2D eigenvalue weighted by Gasteiger charge is 2.29. The maximum absolute atomic E-state index is 10.7. The van der Waals surface area contributed by atoms with Crippen LogP contribution in [-0.2, 0) is 11.2 Å². The first-order valence-corrected chi connectivity index (χ1v) is 7.35. The maximum Gasteiger partial charge on any atom is 0.303 e. The van der Waals surface area contributed by atoms with Crippen LogP contribution in [0.15, 0.2) is 24.3 Å². The van der Waals surface area contributed by atoms with Gasteiger partial charge in [-0.2, -0.15) is 0 Å². The number of rotatable bonds is 8. The summed E-state index contributed by atoms with van der Waals surface area (Å²) >= 11 is 0. The van der Waals surface area contributed by atoms with Gasteiger partial charge in [0, 0.05) is 18.5 Å². The predicted octanol–water partition coefficient (Wildman–Crippen LogP) is 2.27. The topological polar surface area (TPSA) is 69.6 Å². The van der Waals surface area contributed by atoms with Gasteiger partial charge in [0.15, 0.2) is 0 Å². The Morgan fingerprint density at radius 3 is 2.50 bits per heavy atom. The van der Waals surface area contributed by atoms with Gasteiger partial charge in [0.05, 0.1) is 6.10 Å². The lowest BCUT2D eigenvalue weighted by Crippen LogP contribution is -2.37. The average molecular weight is 277 g/mol. The summed E-state index contributed by atoms with van der Waals surface area (Å²) in [6.07, 6.45) is 3.08.